The van der Waals surface area contributed by atoms with E-state index in [0.29, 0.717) is 12.8 Å². The monoisotopic (exact) mass is 590 g/mol. The van der Waals surface area contributed by atoms with E-state index >= 15 is 0 Å². The number of rotatable bonds is 27. The molecule has 5 N–H and O–H groups in total. The van der Waals surface area contributed by atoms with E-state index in [0.717, 1.165) is 19.3 Å². The number of carbonyl (C=O) groups excluding carboxylic acids is 3. The second-order valence-electron chi connectivity index (χ2n) is 10.4. The van der Waals surface area contributed by atoms with E-state index in [9.17, 15) is 39.3 Å². The zero-order chi connectivity index (χ0) is 31.0. The van der Waals surface area contributed by atoms with Crippen LogP contribution in [0, 0.1) is 0 Å². The molecule has 0 amide bonds. The molecule has 0 unspecified atom stereocenters. The summed E-state index contributed by atoms with van der Waals surface area (Å²) in [5.74, 6) is -7.14. The normalized spacial score (nSPS) is 14.0. The summed E-state index contributed by atoms with van der Waals surface area (Å²) in [5.41, 5.74) is 0. The van der Waals surface area contributed by atoms with E-state index in [1.165, 1.54) is 64.2 Å². The van der Waals surface area contributed by atoms with E-state index in [-0.39, 0.29) is 6.42 Å². The van der Waals surface area contributed by atoms with Gasteiger partial charge in [-0.25, -0.2) is 9.59 Å². The van der Waals surface area contributed by atoms with Crippen molar-refractivity contribution < 1.29 is 59.0 Å². The van der Waals surface area contributed by atoms with Crippen molar-refractivity contribution in [3.8, 4) is 0 Å². The minimum atomic E-state index is -2.29. The average molecular weight is 591 g/mol. The van der Waals surface area contributed by atoms with Gasteiger partial charge in [0, 0.05) is 12.8 Å². The summed E-state index contributed by atoms with van der Waals surface area (Å²) in [5, 5.41) is 47.3. The second-order valence-corrected chi connectivity index (χ2v) is 10.4. The Kier molecular flexibility index (Phi) is 22.6. The maximum Gasteiger partial charge on any atom is 0.375 e. The quantitative estimate of drug-likeness (QED) is 0.0531. The Balaban J connectivity index is 4.52. The fraction of sp³-hybridized carbons (Fsp3) is 0.828. The molecule has 0 aromatic rings. The van der Waals surface area contributed by atoms with Crippen LogP contribution in [-0.4, -0.2) is 86.2 Å². The third-order valence-corrected chi connectivity index (χ3v) is 6.74. The van der Waals surface area contributed by atoms with Gasteiger partial charge in [-0.15, -0.1) is 0 Å². The van der Waals surface area contributed by atoms with Crippen LogP contribution in [0.25, 0.3) is 0 Å². The van der Waals surface area contributed by atoms with Crippen LogP contribution in [0.3, 0.4) is 0 Å². The topological polar surface area (TPSA) is 205 Å². The maximum atomic E-state index is 12.3. The summed E-state index contributed by atoms with van der Waals surface area (Å²) in [6, 6.07) is 0. The summed E-state index contributed by atoms with van der Waals surface area (Å²) in [6.07, 6.45) is 6.61. The minimum absolute atomic E-state index is 0.140. The summed E-state index contributed by atoms with van der Waals surface area (Å²) in [4.78, 5) is 58.6. The first kappa shape index (κ1) is 38.4. The first-order valence-corrected chi connectivity index (χ1v) is 14.9. The molecule has 0 radical (unpaired) electrons. The number of aliphatic carboxylic acids is 2. The first-order valence-electron chi connectivity index (χ1n) is 14.9. The number of ketones is 1. The van der Waals surface area contributed by atoms with E-state index in [1.807, 2.05) is 0 Å². The summed E-state index contributed by atoms with van der Waals surface area (Å²) < 4.78 is 9.64. The van der Waals surface area contributed by atoms with Crippen LogP contribution in [0.1, 0.15) is 122 Å². The fourth-order valence-electron chi connectivity index (χ4n) is 4.25. The Hall–Kier alpha value is -2.57. The van der Waals surface area contributed by atoms with Crippen LogP contribution in [-0.2, 0) is 33.4 Å². The molecular formula is C29H50O12. The van der Waals surface area contributed by atoms with Crippen molar-refractivity contribution in [1.29, 1.82) is 0 Å². The molecule has 0 bridgehead atoms. The summed E-state index contributed by atoms with van der Waals surface area (Å²) in [7, 11) is 0. The Bertz CT molecular complexity index is 769. The van der Waals surface area contributed by atoms with Crippen LogP contribution in [0.4, 0.5) is 0 Å². The lowest BCUT2D eigenvalue weighted by molar-refractivity contribution is -0.195. The third-order valence-electron chi connectivity index (χ3n) is 6.74. The van der Waals surface area contributed by atoms with E-state index < -0.39 is 73.5 Å². The zero-order valence-corrected chi connectivity index (χ0v) is 24.3. The number of Topliss-reactive ketones (excluding diaryl/α,β-unsaturated/α-hetero) is 1. The highest BCUT2D eigenvalue weighted by atomic mass is 16.6. The van der Waals surface area contributed by atoms with Crippen LogP contribution >= 0.6 is 0 Å². The van der Waals surface area contributed by atoms with Gasteiger partial charge < -0.3 is 35.0 Å². The van der Waals surface area contributed by atoms with Crippen LogP contribution in [0.5, 0.6) is 0 Å². The predicted molar refractivity (Wildman–Crippen MR) is 148 cm³/mol. The zero-order valence-electron chi connectivity index (χ0n) is 24.3. The predicted octanol–water partition coefficient (Wildman–Crippen LogP) is 3.30. The smallest absolute Gasteiger partial charge is 0.375 e. The molecule has 0 aliphatic heterocycles. The van der Waals surface area contributed by atoms with Gasteiger partial charge in [-0.3, -0.25) is 14.4 Å². The van der Waals surface area contributed by atoms with Crippen LogP contribution in [0.2, 0.25) is 0 Å². The Morgan fingerprint density at radius 1 is 0.634 bits per heavy atom. The lowest BCUT2D eigenvalue weighted by Crippen LogP contribution is -2.53. The molecule has 0 saturated heterocycles. The van der Waals surface area contributed by atoms with Crippen LogP contribution in [0.15, 0.2) is 0 Å². The molecule has 0 fully saturated rings. The molecular weight excluding hydrogens is 540 g/mol. The molecule has 41 heavy (non-hydrogen) atoms. The highest BCUT2D eigenvalue weighted by molar-refractivity contribution is 6.33. The number of unbranched alkanes of at least 4 members (excludes halogenated alkanes) is 14. The van der Waals surface area contributed by atoms with Gasteiger partial charge >= 0.3 is 23.9 Å². The Morgan fingerprint density at radius 3 is 1.51 bits per heavy atom. The van der Waals surface area contributed by atoms with Crippen LogP contribution < -0.4 is 0 Å². The van der Waals surface area contributed by atoms with Gasteiger partial charge in [-0.2, -0.15) is 0 Å². The number of carboxylic acids is 2. The lowest BCUT2D eigenvalue weighted by atomic mass is 10.0. The molecule has 0 rings (SSSR count). The fourth-order valence-corrected chi connectivity index (χ4v) is 4.25. The van der Waals surface area contributed by atoms with Crippen molar-refractivity contribution in [3.63, 3.8) is 0 Å². The Labute approximate surface area is 242 Å². The molecule has 238 valence electrons. The average Bonchev–Trinajstić information content (AvgIpc) is 2.94. The molecule has 0 heterocycles. The van der Waals surface area contributed by atoms with Gasteiger partial charge in [0.05, 0.1) is 13.0 Å². The number of hydrogen-bond acceptors (Lipinski definition) is 10. The van der Waals surface area contributed by atoms with Crippen molar-refractivity contribution in [2.75, 3.05) is 6.61 Å². The lowest BCUT2D eigenvalue weighted by Gasteiger charge is -2.29. The van der Waals surface area contributed by atoms with Gasteiger partial charge in [0.1, 0.15) is 12.2 Å². The molecule has 0 aliphatic rings. The molecule has 12 heteroatoms. The number of esters is 2. The van der Waals surface area contributed by atoms with E-state index in [1.54, 1.807) is 0 Å². The number of aliphatic hydroxyl groups excluding tert-OH is 3. The molecule has 0 aliphatic carbocycles. The molecule has 0 spiro atoms. The number of carbonyl (C=O) groups is 5. The number of hydrogen-bond donors (Lipinski definition) is 5. The third kappa shape index (κ3) is 19.2. The highest BCUT2D eigenvalue weighted by Gasteiger charge is 2.43. The second kappa shape index (κ2) is 24.1. The number of carboxylic acid groups (broad SMARTS) is 2. The van der Waals surface area contributed by atoms with Crippen molar-refractivity contribution >= 4 is 29.7 Å². The molecule has 0 saturated carbocycles. The summed E-state index contributed by atoms with van der Waals surface area (Å²) >= 11 is 0. The minimum Gasteiger partial charge on any atom is -0.481 e. The van der Waals surface area contributed by atoms with Gasteiger partial charge in [0.15, 0.2) is 6.10 Å². The Morgan fingerprint density at radius 2 is 1.10 bits per heavy atom. The van der Waals surface area contributed by atoms with Crippen molar-refractivity contribution in [1.82, 2.24) is 0 Å². The molecule has 12 nitrogen and oxygen atoms in total. The number of ether oxygens (including phenoxy) is 2. The molecule has 4 atom stereocenters. The van der Waals surface area contributed by atoms with E-state index in [4.69, 9.17) is 19.7 Å². The van der Waals surface area contributed by atoms with Gasteiger partial charge in [0.25, 0.3) is 0 Å². The van der Waals surface area contributed by atoms with Gasteiger partial charge in [0.2, 0.25) is 11.9 Å². The highest BCUT2D eigenvalue weighted by Crippen LogP contribution is 2.17. The van der Waals surface area contributed by atoms with Gasteiger partial charge in [-0.05, 0) is 6.42 Å². The van der Waals surface area contributed by atoms with Crippen molar-refractivity contribution in [3.05, 3.63) is 0 Å². The van der Waals surface area contributed by atoms with E-state index in [2.05, 4.69) is 6.92 Å². The molecule has 0 aromatic carbocycles. The maximum absolute atomic E-state index is 12.3. The first-order chi connectivity index (χ1) is 19.5. The standard InChI is InChI=1S/C29H50O12/c1-2-3-4-5-6-7-8-9-10-11-12-13-14-15-16-17-24(35)40-27(28(37)38)26(25(36)22(32)20-30)41-29(39)21(31)18-19-23(33)34/h22,25-27,30,32,36H,2-20H2,1H3,(H,33,34)(H,37,38)/t22-,25-,26+,27-/m1/s1. The van der Waals surface area contributed by atoms with Crippen molar-refractivity contribution in [2.24, 2.45) is 0 Å². The number of aliphatic hydroxyl groups is 3. The molecule has 0 aromatic heterocycles. The van der Waals surface area contributed by atoms with Gasteiger partial charge in [-0.1, -0.05) is 96.8 Å². The SMILES string of the molecule is CCCCCCCCCCCCCCCCCC(=O)O[C@@H](C(=O)O)[C@@H](OC(=O)C(=O)CCC(=O)O)[C@H](O)[C@H](O)CO. The largest absolute Gasteiger partial charge is 0.481 e. The van der Waals surface area contributed by atoms with Crippen molar-refractivity contribution in [2.45, 2.75) is 147 Å². The summed E-state index contributed by atoms with van der Waals surface area (Å²) in [6.45, 7) is 1.16.